The molecular formula is C12H20N3O7P. The Balaban J connectivity index is 2.42. The highest BCUT2D eigenvalue weighted by molar-refractivity contribution is 7.46. The summed E-state index contributed by atoms with van der Waals surface area (Å²) in [6.07, 6.45) is -1.62. The molecule has 1 aliphatic rings. The second-order valence-corrected chi connectivity index (χ2v) is 6.43. The molecule has 1 fully saturated rings. The van der Waals surface area contributed by atoms with Gasteiger partial charge in [-0.1, -0.05) is 6.92 Å². The molecule has 1 aromatic rings. The fourth-order valence-corrected chi connectivity index (χ4v) is 3.13. The zero-order valence-electron chi connectivity index (χ0n) is 12.9. The van der Waals surface area contributed by atoms with Crippen molar-refractivity contribution in [2.24, 2.45) is 0 Å². The fourth-order valence-electron chi connectivity index (χ4n) is 2.56. The van der Waals surface area contributed by atoms with Gasteiger partial charge in [0.05, 0.1) is 6.10 Å². The Morgan fingerprint density at radius 3 is 2.65 bits per heavy atom. The van der Waals surface area contributed by atoms with Gasteiger partial charge in [0.2, 0.25) is 0 Å². The van der Waals surface area contributed by atoms with E-state index >= 15 is 0 Å². The van der Waals surface area contributed by atoms with Gasteiger partial charge in [-0.15, -0.1) is 0 Å². The maximum atomic E-state index is 12.1. The molecule has 2 rings (SSSR count). The highest BCUT2D eigenvalue weighted by Gasteiger charge is 2.49. The van der Waals surface area contributed by atoms with E-state index in [9.17, 15) is 9.36 Å². The predicted molar refractivity (Wildman–Crippen MR) is 79.6 cm³/mol. The molecule has 23 heavy (non-hydrogen) atoms. The average molecular weight is 349 g/mol. The summed E-state index contributed by atoms with van der Waals surface area (Å²) < 4.78 is 28.2. The van der Waals surface area contributed by atoms with E-state index in [0.29, 0.717) is 12.0 Å². The van der Waals surface area contributed by atoms with Gasteiger partial charge in [-0.3, -0.25) is 9.09 Å². The maximum absolute atomic E-state index is 12.1. The number of nitrogens with zero attached hydrogens (tertiary/aromatic N) is 2. The maximum Gasteiger partial charge on any atom is 0.470 e. The van der Waals surface area contributed by atoms with Crippen LogP contribution in [0.3, 0.4) is 0 Å². The van der Waals surface area contributed by atoms with Crippen LogP contribution in [0.1, 0.15) is 25.1 Å². The van der Waals surface area contributed by atoms with E-state index in [1.54, 1.807) is 13.8 Å². The van der Waals surface area contributed by atoms with Gasteiger partial charge in [0, 0.05) is 18.9 Å². The standard InChI is InChI=1S/C12H20N3O7P/c1-4-7-8(22-23(17,18)19)9(20-3)11(21-7)15-5-6(2)10(13)14-12(15)16/h5,7-9,11H,4H2,1-3H3,(H2,13,14,16)(H2,17,18,19)/t7-,8?,9?,11-/m1/s1. The Morgan fingerprint density at radius 1 is 1.48 bits per heavy atom. The van der Waals surface area contributed by atoms with Crippen molar-refractivity contribution in [1.29, 1.82) is 0 Å². The molecular weight excluding hydrogens is 329 g/mol. The summed E-state index contributed by atoms with van der Waals surface area (Å²) in [7, 11) is -3.40. The van der Waals surface area contributed by atoms with Gasteiger partial charge in [0.15, 0.2) is 6.23 Å². The number of rotatable bonds is 5. The van der Waals surface area contributed by atoms with Gasteiger partial charge in [-0.05, 0) is 13.3 Å². The number of phosphoric acid groups is 1. The molecule has 11 heteroatoms. The zero-order chi connectivity index (χ0) is 17.4. The minimum atomic E-state index is -4.75. The Labute approximate surface area is 132 Å². The van der Waals surface area contributed by atoms with Gasteiger partial charge < -0.3 is 25.0 Å². The summed E-state index contributed by atoms with van der Waals surface area (Å²) in [4.78, 5) is 33.9. The topological polar surface area (TPSA) is 146 Å². The van der Waals surface area contributed by atoms with Crippen LogP contribution >= 0.6 is 7.82 Å². The van der Waals surface area contributed by atoms with E-state index in [2.05, 4.69) is 4.98 Å². The van der Waals surface area contributed by atoms with E-state index in [-0.39, 0.29) is 5.82 Å². The van der Waals surface area contributed by atoms with E-state index in [0.717, 1.165) is 0 Å². The molecule has 2 unspecified atom stereocenters. The molecule has 0 aliphatic carbocycles. The molecule has 2 heterocycles. The van der Waals surface area contributed by atoms with Gasteiger partial charge in [0.1, 0.15) is 18.0 Å². The van der Waals surface area contributed by atoms with Crippen LogP contribution in [0.4, 0.5) is 5.82 Å². The number of nitrogen functional groups attached to an aromatic ring is 1. The second-order valence-electron chi connectivity index (χ2n) is 5.23. The number of aryl methyl sites for hydroxylation is 1. The number of ether oxygens (including phenoxy) is 2. The van der Waals surface area contributed by atoms with Crippen LogP contribution in [0, 0.1) is 6.92 Å². The van der Waals surface area contributed by atoms with Crippen molar-refractivity contribution in [3.8, 4) is 0 Å². The molecule has 0 spiro atoms. The molecule has 4 atom stereocenters. The summed E-state index contributed by atoms with van der Waals surface area (Å²) in [5.74, 6) is 0.105. The van der Waals surface area contributed by atoms with E-state index < -0.39 is 38.1 Å². The van der Waals surface area contributed by atoms with Crippen molar-refractivity contribution in [2.45, 2.75) is 44.8 Å². The first-order valence-electron chi connectivity index (χ1n) is 6.95. The zero-order valence-corrected chi connectivity index (χ0v) is 13.8. The van der Waals surface area contributed by atoms with Gasteiger partial charge in [0.25, 0.3) is 0 Å². The molecule has 1 aliphatic heterocycles. The molecule has 1 aromatic heterocycles. The lowest BCUT2D eigenvalue weighted by Gasteiger charge is -2.23. The first kappa shape index (κ1) is 18.1. The number of anilines is 1. The predicted octanol–water partition coefficient (Wildman–Crippen LogP) is -0.0658. The van der Waals surface area contributed by atoms with Crippen LogP contribution in [0.2, 0.25) is 0 Å². The van der Waals surface area contributed by atoms with Crippen molar-refractivity contribution in [1.82, 2.24) is 9.55 Å². The molecule has 10 nitrogen and oxygen atoms in total. The molecule has 0 amide bonds. The van der Waals surface area contributed by atoms with Crippen molar-refractivity contribution < 1.29 is 28.3 Å². The molecule has 0 saturated carbocycles. The molecule has 0 radical (unpaired) electrons. The van der Waals surface area contributed by atoms with E-state index in [4.69, 9.17) is 29.5 Å². The smallest absolute Gasteiger partial charge is 0.383 e. The van der Waals surface area contributed by atoms with Crippen molar-refractivity contribution in [2.75, 3.05) is 12.8 Å². The van der Waals surface area contributed by atoms with Crippen LogP contribution in [-0.2, 0) is 18.6 Å². The SMILES string of the molecule is CC[C@H]1O[C@@H](n2cc(C)c(N)nc2=O)C(OC)C1OP(=O)(O)O. The number of aromatic nitrogens is 2. The molecule has 4 N–H and O–H groups in total. The number of nitrogens with two attached hydrogens (primary N) is 1. The van der Waals surface area contributed by atoms with Crippen LogP contribution < -0.4 is 11.4 Å². The van der Waals surface area contributed by atoms with Crippen molar-refractivity contribution in [3.05, 3.63) is 22.2 Å². The largest absolute Gasteiger partial charge is 0.470 e. The van der Waals surface area contributed by atoms with Crippen LogP contribution in [0.25, 0.3) is 0 Å². The quantitative estimate of drug-likeness (QED) is 0.622. The van der Waals surface area contributed by atoms with Crippen LogP contribution in [0.5, 0.6) is 0 Å². The summed E-state index contributed by atoms with van der Waals surface area (Å²) >= 11 is 0. The Kier molecular flexibility index (Phi) is 5.24. The highest BCUT2D eigenvalue weighted by Crippen LogP contribution is 2.45. The third-order valence-electron chi connectivity index (χ3n) is 3.67. The minimum Gasteiger partial charge on any atom is -0.383 e. The fraction of sp³-hybridized carbons (Fsp3) is 0.667. The Hall–Kier alpha value is -1.29. The highest BCUT2D eigenvalue weighted by atomic mass is 31.2. The number of phosphoric ester groups is 1. The third kappa shape index (κ3) is 3.79. The van der Waals surface area contributed by atoms with Crippen LogP contribution in [-0.4, -0.2) is 44.8 Å². The first-order valence-corrected chi connectivity index (χ1v) is 8.48. The molecule has 130 valence electrons. The summed E-state index contributed by atoms with van der Waals surface area (Å²) in [5, 5.41) is 0. The Bertz CT molecular complexity index is 673. The van der Waals surface area contributed by atoms with Gasteiger partial charge >= 0.3 is 13.5 Å². The van der Waals surface area contributed by atoms with Gasteiger partial charge in [-0.2, -0.15) is 4.98 Å². The molecule has 0 aromatic carbocycles. The lowest BCUT2D eigenvalue weighted by Crippen LogP contribution is -2.38. The van der Waals surface area contributed by atoms with Crippen molar-refractivity contribution >= 4 is 13.6 Å². The van der Waals surface area contributed by atoms with Gasteiger partial charge in [-0.25, -0.2) is 9.36 Å². The lowest BCUT2D eigenvalue weighted by molar-refractivity contribution is -0.0541. The lowest BCUT2D eigenvalue weighted by atomic mass is 10.1. The molecule has 0 bridgehead atoms. The number of methoxy groups -OCH3 is 1. The average Bonchev–Trinajstić information content (AvgIpc) is 2.78. The van der Waals surface area contributed by atoms with E-state index in [1.807, 2.05) is 0 Å². The summed E-state index contributed by atoms with van der Waals surface area (Å²) in [6, 6.07) is 0. The summed E-state index contributed by atoms with van der Waals surface area (Å²) in [6.45, 7) is 3.45. The molecule has 1 saturated heterocycles. The number of hydrogen-bond acceptors (Lipinski definition) is 7. The van der Waals surface area contributed by atoms with Crippen LogP contribution in [0.15, 0.2) is 11.0 Å². The normalized spacial score (nSPS) is 28.2. The Morgan fingerprint density at radius 2 is 2.13 bits per heavy atom. The second kappa shape index (κ2) is 6.68. The van der Waals surface area contributed by atoms with E-state index in [1.165, 1.54) is 17.9 Å². The minimum absolute atomic E-state index is 0.105. The first-order chi connectivity index (χ1) is 10.7. The third-order valence-corrected chi connectivity index (χ3v) is 4.19. The monoisotopic (exact) mass is 349 g/mol. The number of hydrogen-bond donors (Lipinski definition) is 3. The van der Waals surface area contributed by atoms with Crippen molar-refractivity contribution in [3.63, 3.8) is 0 Å². The summed E-state index contributed by atoms with van der Waals surface area (Å²) in [5.41, 5.74) is 5.51.